The van der Waals surface area contributed by atoms with Gasteiger partial charge in [-0.15, -0.1) is 0 Å². The van der Waals surface area contributed by atoms with Gasteiger partial charge in [0.1, 0.15) is 5.60 Å². The third-order valence-electron chi connectivity index (χ3n) is 3.78. The van der Waals surface area contributed by atoms with Crippen molar-refractivity contribution in [2.45, 2.75) is 64.5 Å². The second kappa shape index (κ2) is 3.72. The Labute approximate surface area is 102 Å². The number of carbonyl (C=O) groups is 2. The molecule has 4 nitrogen and oxygen atoms in total. The molecule has 0 N–H and O–H groups in total. The Balaban J connectivity index is 2.12. The van der Waals surface area contributed by atoms with Crippen LogP contribution in [0.4, 0.5) is 4.79 Å². The molecule has 2 unspecified atom stereocenters. The molecule has 96 valence electrons. The lowest BCUT2D eigenvalue weighted by Gasteiger charge is -2.56. The SMILES string of the molecule is CC(C)(C)OC(=O)N1C(=O)C2CCCCC21C. The minimum Gasteiger partial charge on any atom is -0.443 e. The van der Waals surface area contributed by atoms with Crippen molar-refractivity contribution in [3.05, 3.63) is 0 Å². The van der Waals surface area contributed by atoms with Gasteiger partial charge < -0.3 is 4.74 Å². The average molecular weight is 239 g/mol. The molecule has 2 atom stereocenters. The van der Waals surface area contributed by atoms with E-state index in [1.54, 1.807) is 0 Å². The summed E-state index contributed by atoms with van der Waals surface area (Å²) in [4.78, 5) is 25.3. The van der Waals surface area contributed by atoms with Gasteiger partial charge >= 0.3 is 6.09 Å². The zero-order valence-electron chi connectivity index (χ0n) is 11.1. The number of imide groups is 1. The number of fused-ring (bicyclic) bond motifs is 1. The van der Waals surface area contributed by atoms with E-state index in [-0.39, 0.29) is 17.4 Å². The van der Waals surface area contributed by atoms with Crippen LogP contribution in [0.2, 0.25) is 0 Å². The fraction of sp³-hybridized carbons (Fsp3) is 0.846. The van der Waals surface area contributed by atoms with E-state index in [1.807, 2.05) is 27.7 Å². The van der Waals surface area contributed by atoms with Crippen LogP contribution in [0.15, 0.2) is 0 Å². The van der Waals surface area contributed by atoms with Crippen molar-refractivity contribution >= 4 is 12.0 Å². The maximum Gasteiger partial charge on any atom is 0.417 e. The minimum absolute atomic E-state index is 0.0313. The number of likely N-dealkylation sites (tertiary alicyclic amines) is 1. The lowest BCUT2D eigenvalue weighted by atomic mass is 9.66. The van der Waals surface area contributed by atoms with Crippen molar-refractivity contribution in [3.63, 3.8) is 0 Å². The van der Waals surface area contributed by atoms with E-state index in [4.69, 9.17) is 4.74 Å². The number of rotatable bonds is 0. The molecule has 1 aliphatic heterocycles. The first-order chi connectivity index (χ1) is 7.76. The summed E-state index contributed by atoms with van der Waals surface area (Å²) in [6.07, 6.45) is 3.51. The van der Waals surface area contributed by atoms with Crippen LogP contribution in [0.3, 0.4) is 0 Å². The van der Waals surface area contributed by atoms with Crippen LogP contribution in [0, 0.1) is 5.92 Å². The summed E-state index contributed by atoms with van der Waals surface area (Å²) in [5.41, 5.74) is -0.842. The van der Waals surface area contributed by atoms with Crippen LogP contribution in [0.5, 0.6) is 0 Å². The maximum absolute atomic E-state index is 12.0. The molecule has 0 aromatic heterocycles. The molecule has 0 radical (unpaired) electrons. The Morgan fingerprint density at radius 1 is 1.41 bits per heavy atom. The highest BCUT2D eigenvalue weighted by atomic mass is 16.6. The van der Waals surface area contributed by atoms with Crippen molar-refractivity contribution in [2.75, 3.05) is 0 Å². The first-order valence-electron chi connectivity index (χ1n) is 6.33. The van der Waals surface area contributed by atoms with Gasteiger partial charge in [0.15, 0.2) is 0 Å². The number of ether oxygens (including phenoxy) is 1. The Bertz CT molecular complexity index is 358. The topological polar surface area (TPSA) is 46.6 Å². The summed E-state index contributed by atoms with van der Waals surface area (Å²) >= 11 is 0. The van der Waals surface area contributed by atoms with Crippen molar-refractivity contribution in [2.24, 2.45) is 5.92 Å². The van der Waals surface area contributed by atoms with Crippen molar-refractivity contribution in [1.29, 1.82) is 0 Å². The molecule has 2 fully saturated rings. The van der Waals surface area contributed by atoms with E-state index in [9.17, 15) is 9.59 Å². The quantitative estimate of drug-likeness (QED) is 0.611. The molecule has 0 spiro atoms. The average Bonchev–Trinajstić information content (AvgIpc) is 2.13. The number of amides is 2. The predicted octanol–water partition coefficient (Wildman–Crippen LogP) is 2.71. The van der Waals surface area contributed by atoms with Crippen LogP contribution >= 0.6 is 0 Å². The lowest BCUT2D eigenvalue weighted by Crippen LogP contribution is -2.72. The maximum atomic E-state index is 12.0. The van der Waals surface area contributed by atoms with Gasteiger partial charge in [-0.3, -0.25) is 4.79 Å². The summed E-state index contributed by atoms with van der Waals surface area (Å²) in [5.74, 6) is -0.0229. The molecule has 2 rings (SSSR count). The Kier molecular flexibility index (Phi) is 2.71. The standard InChI is InChI=1S/C13H21NO3/c1-12(2,3)17-11(16)14-10(15)9-7-5-6-8-13(9,14)4/h9H,5-8H2,1-4H3. The number of carbonyl (C=O) groups excluding carboxylic acids is 2. The second-order valence-electron chi connectivity index (χ2n) is 6.31. The Hall–Kier alpha value is -1.06. The highest BCUT2D eigenvalue weighted by molar-refractivity contribution is 6.01. The van der Waals surface area contributed by atoms with Gasteiger partial charge in [0, 0.05) is 0 Å². The molecule has 2 aliphatic rings. The van der Waals surface area contributed by atoms with Crippen LogP contribution in [-0.2, 0) is 9.53 Å². The van der Waals surface area contributed by atoms with Crippen LogP contribution in [0.25, 0.3) is 0 Å². The largest absolute Gasteiger partial charge is 0.443 e. The van der Waals surface area contributed by atoms with Crippen LogP contribution in [0.1, 0.15) is 53.4 Å². The zero-order valence-corrected chi connectivity index (χ0v) is 11.1. The number of β-lactam (4-membered cyclic amide) rings is 1. The summed E-state index contributed by atoms with van der Waals surface area (Å²) in [6.45, 7) is 7.45. The molecule has 1 saturated carbocycles. The Morgan fingerprint density at radius 2 is 2.06 bits per heavy atom. The van der Waals surface area contributed by atoms with Crippen molar-refractivity contribution < 1.29 is 14.3 Å². The molecular weight excluding hydrogens is 218 g/mol. The molecular formula is C13H21NO3. The van der Waals surface area contributed by atoms with E-state index < -0.39 is 11.7 Å². The lowest BCUT2D eigenvalue weighted by molar-refractivity contribution is -0.170. The molecule has 1 saturated heterocycles. The number of nitrogens with zero attached hydrogens (tertiary/aromatic N) is 1. The smallest absolute Gasteiger partial charge is 0.417 e. The van der Waals surface area contributed by atoms with E-state index >= 15 is 0 Å². The monoisotopic (exact) mass is 239 g/mol. The van der Waals surface area contributed by atoms with Crippen LogP contribution < -0.4 is 0 Å². The Morgan fingerprint density at radius 3 is 2.65 bits per heavy atom. The van der Waals surface area contributed by atoms with E-state index in [2.05, 4.69) is 0 Å². The third kappa shape index (κ3) is 1.94. The fourth-order valence-electron chi connectivity index (χ4n) is 2.92. The molecule has 0 aromatic carbocycles. The van der Waals surface area contributed by atoms with Gasteiger partial charge in [0.25, 0.3) is 0 Å². The molecule has 17 heavy (non-hydrogen) atoms. The molecule has 4 heteroatoms. The first-order valence-corrected chi connectivity index (χ1v) is 6.33. The van der Waals surface area contributed by atoms with Crippen molar-refractivity contribution in [1.82, 2.24) is 4.90 Å². The summed E-state index contributed by atoms with van der Waals surface area (Å²) in [5, 5.41) is 0. The van der Waals surface area contributed by atoms with Gasteiger partial charge in [-0.05, 0) is 40.5 Å². The number of hydrogen-bond donors (Lipinski definition) is 0. The summed E-state index contributed by atoms with van der Waals surface area (Å²) < 4.78 is 5.29. The number of hydrogen-bond acceptors (Lipinski definition) is 3. The molecule has 0 aromatic rings. The minimum atomic E-state index is -0.548. The van der Waals surface area contributed by atoms with E-state index in [0.29, 0.717) is 0 Å². The van der Waals surface area contributed by atoms with Crippen molar-refractivity contribution in [3.8, 4) is 0 Å². The van der Waals surface area contributed by atoms with Gasteiger partial charge in [0.2, 0.25) is 5.91 Å². The van der Waals surface area contributed by atoms with E-state index in [0.717, 1.165) is 25.7 Å². The molecule has 0 bridgehead atoms. The predicted molar refractivity (Wildman–Crippen MR) is 63.4 cm³/mol. The fourth-order valence-corrected chi connectivity index (χ4v) is 2.92. The summed E-state index contributed by atoms with van der Waals surface area (Å²) in [7, 11) is 0. The third-order valence-corrected chi connectivity index (χ3v) is 3.78. The highest BCUT2D eigenvalue weighted by Gasteiger charge is 2.61. The van der Waals surface area contributed by atoms with Gasteiger partial charge in [-0.1, -0.05) is 12.8 Å². The second-order valence-corrected chi connectivity index (χ2v) is 6.31. The zero-order chi connectivity index (χ0) is 12.8. The van der Waals surface area contributed by atoms with Gasteiger partial charge in [-0.25, -0.2) is 9.69 Å². The van der Waals surface area contributed by atoms with Gasteiger partial charge in [0.05, 0.1) is 11.5 Å². The van der Waals surface area contributed by atoms with Crippen LogP contribution in [-0.4, -0.2) is 28.0 Å². The first kappa shape index (κ1) is 12.4. The molecule has 1 aliphatic carbocycles. The summed E-state index contributed by atoms with van der Waals surface area (Å²) in [6, 6.07) is 0. The molecule has 1 heterocycles. The highest BCUT2D eigenvalue weighted by Crippen LogP contribution is 2.48. The van der Waals surface area contributed by atoms with Gasteiger partial charge in [-0.2, -0.15) is 0 Å². The molecule has 2 amide bonds. The normalized spacial score (nSPS) is 32.8. The van der Waals surface area contributed by atoms with E-state index in [1.165, 1.54) is 4.90 Å².